The maximum atomic E-state index is 5.71. The van der Waals surface area contributed by atoms with E-state index in [-0.39, 0.29) is 0 Å². The Morgan fingerprint density at radius 2 is 2.22 bits per heavy atom. The predicted molar refractivity (Wildman–Crippen MR) is 74.7 cm³/mol. The third-order valence-electron chi connectivity index (χ3n) is 2.56. The van der Waals surface area contributed by atoms with Crippen LogP contribution >= 0.6 is 12.2 Å². The van der Waals surface area contributed by atoms with Crippen molar-refractivity contribution in [2.75, 3.05) is 6.61 Å². The first-order valence-corrected chi connectivity index (χ1v) is 6.07. The van der Waals surface area contributed by atoms with Crippen LogP contribution in [0, 0.1) is 0 Å². The van der Waals surface area contributed by atoms with Crippen molar-refractivity contribution in [2.24, 2.45) is 12.8 Å². The second-order valence-corrected chi connectivity index (χ2v) is 4.42. The zero-order chi connectivity index (χ0) is 13.0. The summed E-state index contributed by atoms with van der Waals surface area (Å²) in [6.07, 6.45) is 4.62. The zero-order valence-corrected chi connectivity index (χ0v) is 11.0. The summed E-state index contributed by atoms with van der Waals surface area (Å²) in [5.74, 6) is 0.730. The van der Waals surface area contributed by atoms with Gasteiger partial charge in [-0.15, -0.1) is 0 Å². The number of nitrogens with two attached hydrogens (primary N) is 1. The quantitative estimate of drug-likeness (QED) is 0.832. The van der Waals surface area contributed by atoms with E-state index < -0.39 is 0 Å². The van der Waals surface area contributed by atoms with Crippen molar-refractivity contribution in [3.8, 4) is 5.75 Å². The van der Waals surface area contributed by atoms with E-state index in [0.29, 0.717) is 11.6 Å². The third kappa shape index (κ3) is 3.07. The van der Waals surface area contributed by atoms with Crippen LogP contribution in [0.15, 0.2) is 36.7 Å². The topological polar surface area (TPSA) is 53.1 Å². The number of hydrogen-bond acceptors (Lipinski definition) is 3. The minimum atomic E-state index is 0.354. The van der Waals surface area contributed by atoms with Gasteiger partial charge in [0.2, 0.25) is 0 Å². The third-order valence-corrected chi connectivity index (χ3v) is 2.78. The zero-order valence-electron chi connectivity index (χ0n) is 10.2. The number of para-hydroxylation sites is 1. The number of aromatic nitrogens is 2. The molecule has 2 N–H and O–H groups in total. The molecular weight excluding hydrogens is 246 g/mol. The van der Waals surface area contributed by atoms with Gasteiger partial charge in [0.15, 0.2) is 0 Å². The molecule has 0 radical (unpaired) electrons. The molecule has 0 aliphatic rings. The maximum absolute atomic E-state index is 5.71. The number of rotatable bonds is 5. The highest BCUT2D eigenvalue weighted by molar-refractivity contribution is 7.80. The van der Waals surface area contributed by atoms with E-state index in [4.69, 9.17) is 22.7 Å². The summed E-state index contributed by atoms with van der Waals surface area (Å²) < 4.78 is 7.48. The Balaban J connectivity index is 1.96. The van der Waals surface area contributed by atoms with Crippen molar-refractivity contribution in [1.29, 1.82) is 0 Å². The van der Waals surface area contributed by atoms with Gasteiger partial charge in [0, 0.05) is 19.7 Å². The first-order chi connectivity index (χ1) is 8.66. The number of hydrogen-bond donors (Lipinski definition) is 1. The van der Waals surface area contributed by atoms with Crippen LogP contribution in [0.3, 0.4) is 0 Å². The smallest absolute Gasteiger partial charge is 0.129 e. The van der Waals surface area contributed by atoms with E-state index in [1.807, 2.05) is 43.7 Å². The van der Waals surface area contributed by atoms with Gasteiger partial charge in [-0.2, -0.15) is 5.10 Å². The Morgan fingerprint density at radius 3 is 2.89 bits per heavy atom. The summed E-state index contributed by atoms with van der Waals surface area (Å²) in [7, 11) is 1.90. The van der Waals surface area contributed by atoms with Gasteiger partial charge in [-0.3, -0.25) is 4.68 Å². The molecule has 0 aliphatic heterocycles. The van der Waals surface area contributed by atoms with Crippen LogP contribution in [0.2, 0.25) is 0 Å². The van der Waals surface area contributed by atoms with Crippen LogP contribution in [-0.2, 0) is 13.5 Å². The molecule has 0 aliphatic carbocycles. The van der Waals surface area contributed by atoms with Crippen molar-refractivity contribution in [1.82, 2.24) is 9.78 Å². The summed E-state index contributed by atoms with van der Waals surface area (Å²) in [5, 5.41) is 4.11. The van der Waals surface area contributed by atoms with E-state index in [2.05, 4.69) is 5.10 Å². The Bertz CT molecular complexity index is 551. The number of aryl methyl sites for hydroxylation is 1. The molecule has 0 saturated carbocycles. The molecule has 0 amide bonds. The fraction of sp³-hybridized carbons (Fsp3) is 0.231. The highest BCUT2D eigenvalue weighted by Crippen LogP contribution is 2.17. The van der Waals surface area contributed by atoms with Crippen LogP contribution < -0.4 is 10.5 Å². The van der Waals surface area contributed by atoms with E-state index in [1.54, 1.807) is 4.68 Å². The van der Waals surface area contributed by atoms with Crippen LogP contribution in [0.4, 0.5) is 0 Å². The molecule has 18 heavy (non-hydrogen) atoms. The minimum absolute atomic E-state index is 0.354. The molecule has 0 fully saturated rings. The summed E-state index contributed by atoms with van der Waals surface area (Å²) in [6, 6.07) is 7.53. The summed E-state index contributed by atoms with van der Waals surface area (Å²) in [5.41, 5.74) is 7.56. The minimum Gasteiger partial charge on any atom is -0.493 e. The van der Waals surface area contributed by atoms with E-state index in [9.17, 15) is 0 Å². The molecule has 0 saturated heterocycles. The average Bonchev–Trinajstić information content (AvgIpc) is 2.75. The Morgan fingerprint density at radius 1 is 1.44 bits per heavy atom. The molecule has 5 heteroatoms. The Kier molecular flexibility index (Phi) is 3.94. The van der Waals surface area contributed by atoms with Crippen molar-refractivity contribution < 1.29 is 4.74 Å². The largest absolute Gasteiger partial charge is 0.493 e. The molecule has 0 bridgehead atoms. The SMILES string of the molecule is Cn1cc(CCOc2ccccc2C(N)=S)cn1. The molecule has 1 heterocycles. The van der Waals surface area contributed by atoms with Gasteiger partial charge in [-0.1, -0.05) is 24.4 Å². The molecular formula is C13H15N3OS. The number of ether oxygens (including phenoxy) is 1. The van der Waals surface area contributed by atoms with Gasteiger partial charge in [-0.25, -0.2) is 0 Å². The van der Waals surface area contributed by atoms with E-state index >= 15 is 0 Å². The van der Waals surface area contributed by atoms with Crippen LogP contribution in [0.25, 0.3) is 0 Å². The lowest BCUT2D eigenvalue weighted by atomic mass is 10.2. The molecule has 1 aromatic carbocycles. The van der Waals surface area contributed by atoms with Gasteiger partial charge in [-0.05, 0) is 17.7 Å². The molecule has 0 unspecified atom stereocenters. The second kappa shape index (κ2) is 5.64. The molecule has 94 valence electrons. The summed E-state index contributed by atoms with van der Waals surface area (Å²) in [6.45, 7) is 0.575. The molecule has 2 rings (SSSR count). The Hall–Kier alpha value is -1.88. The predicted octanol–water partition coefficient (Wildman–Crippen LogP) is 1.68. The molecule has 4 nitrogen and oxygen atoms in total. The monoisotopic (exact) mass is 261 g/mol. The lowest BCUT2D eigenvalue weighted by Crippen LogP contribution is -2.12. The van der Waals surface area contributed by atoms with Crippen molar-refractivity contribution in [3.05, 3.63) is 47.8 Å². The lowest BCUT2D eigenvalue weighted by Gasteiger charge is -2.09. The van der Waals surface area contributed by atoms with Gasteiger partial charge < -0.3 is 10.5 Å². The van der Waals surface area contributed by atoms with Crippen molar-refractivity contribution >= 4 is 17.2 Å². The Labute approximate surface area is 111 Å². The molecule has 1 aromatic heterocycles. The normalized spacial score (nSPS) is 10.3. The van der Waals surface area contributed by atoms with Gasteiger partial charge in [0.25, 0.3) is 0 Å². The maximum Gasteiger partial charge on any atom is 0.129 e. The van der Waals surface area contributed by atoms with E-state index in [1.165, 1.54) is 0 Å². The molecule has 2 aromatic rings. The van der Waals surface area contributed by atoms with Gasteiger partial charge in [0.05, 0.1) is 18.4 Å². The second-order valence-electron chi connectivity index (χ2n) is 3.98. The molecule has 0 atom stereocenters. The standard InChI is InChI=1S/C13H15N3OS/c1-16-9-10(8-15-16)6-7-17-12-5-3-2-4-11(12)13(14)18/h2-5,8-9H,6-7H2,1H3,(H2,14,18). The van der Waals surface area contributed by atoms with Crippen molar-refractivity contribution in [2.45, 2.75) is 6.42 Å². The van der Waals surface area contributed by atoms with Gasteiger partial charge >= 0.3 is 0 Å². The average molecular weight is 261 g/mol. The summed E-state index contributed by atoms with van der Waals surface area (Å²) in [4.78, 5) is 0.354. The first-order valence-electron chi connectivity index (χ1n) is 5.66. The van der Waals surface area contributed by atoms with Crippen LogP contribution in [0.1, 0.15) is 11.1 Å². The van der Waals surface area contributed by atoms with Crippen LogP contribution in [-0.4, -0.2) is 21.4 Å². The fourth-order valence-electron chi connectivity index (χ4n) is 1.68. The van der Waals surface area contributed by atoms with Crippen molar-refractivity contribution in [3.63, 3.8) is 0 Å². The number of nitrogens with zero attached hydrogens (tertiary/aromatic N) is 2. The van der Waals surface area contributed by atoms with E-state index in [0.717, 1.165) is 23.3 Å². The van der Waals surface area contributed by atoms with Crippen LogP contribution in [0.5, 0.6) is 5.75 Å². The lowest BCUT2D eigenvalue weighted by molar-refractivity contribution is 0.321. The first kappa shape index (κ1) is 12.6. The van der Waals surface area contributed by atoms with Gasteiger partial charge in [0.1, 0.15) is 10.7 Å². The number of thiocarbonyl (C=S) groups is 1. The highest BCUT2D eigenvalue weighted by atomic mass is 32.1. The highest BCUT2D eigenvalue weighted by Gasteiger charge is 2.05. The fourth-order valence-corrected chi connectivity index (χ4v) is 1.84. The molecule has 0 spiro atoms. The number of benzene rings is 1. The summed E-state index contributed by atoms with van der Waals surface area (Å²) >= 11 is 4.98.